The van der Waals surface area contributed by atoms with Crippen LogP contribution < -0.4 is 4.72 Å². The second-order valence-electron chi connectivity index (χ2n) is 6.07. The van der Waals surface area contributed by atoms with E-state index >= 15 is 0 Å². The Kier molecular flexibility index (Phi) is 6.14. The first-order valence-electron chi connectivity index (χ1n) is 8.44. The molecule has 1 aliphatic heterocycles. The standard InChI is InChI=1S/C18H23N3O3S/c22-25(23,20-13-16-7-2-1-3-8-16)21-12-6-10-18(14-21)24-15-17-9-4-5-11-19-17/h1-5,7-9,11,18,20H,6,10,12-15H2. The first kappa shape index (κ1) is 18.0. The van der Waals surface area contributed by atoms with Crippen LogP contribution >= 0.6 is 0 Å². The average Bonchev–Trinajstić information content (AvgIpc) is 2.67. The molecule has 7 heteroatoms. The van der Waals surface area contributed by atoms with Crippen LogP contribution in [0.15, 0.2) is 54.7 Å². The molecule has 134 valence electrons. The van der Waals surface area contributed by atoms with E-state index in [-0.39, 0.29) is 6.10 Å². The Morgan fingerprint density at radius 3 is 2.72 bits per heavy atom. The SMILES string of the molecule is O=S(=O)(NCc1ccccc1)N1CCCC(OCc2ccccn2)C1. The summed E-state index contributed by atoms with van der Waals surface area (Å²) in [5.74, 6) is 0. The van der Waals surface area contributed by atoms with E-state index in [1.807, 2.05) is 48.5 Å². The van der Waals surface area contributed by atoms with E-state index in [1.165, 1.54) is 4.31 Å². The monoisotopic (exact) mass is 361 g/mol. The topological polar surface area (TPSA) is 71.5 Å². The van der Waals surface area contributed by atoms with Gasteiger partial charge in [-0.05, 0) is 30.5 Å². The molecule has 1 aliphatic rings. The summed E-state index contributed by atoms with van der Waals surface area (Å²) in [6, 6.07) is 15.2. The van der Waals surface area contributed by atoms with Crippen LogP contribution in [0.5, 0.6) is 0 Å². The lowest BCUT2D eigenvalue weighted by Gasteiger charge is -2.31. The molecule has 1 N–H and O–H groups in total. The van der Waals surface area contributed by atoms with Crippen molar-refractivity contribution in [3.8, 4) is 0 Å². The minimum Gasteiger partial charge on any atom is -0.371 e. The third-order valence-corrected chi connectivity index (χ3v) is 5.70. The summed E-state index contributed by atoms with van der Waals surface area (Å²) < 4.78 is 35.1. The molecule has 0 bridgehead atoms. The van der Waals surface area contributed by atoms with E-state index in [0.717, 1.165) is 24.1 Å². The summed E-state index contributed by atoms with van der Waals surface area (Å²) in [6.07, 6.45) is 3.27. The number of piperidine rings is 1. The van der Waals surface area contributed by atoms with Crippen LogP contribution in [0.1, 0.15) is 24.1 Å². The molecule has 2 aromatic rings. The van der Waals surface area contributed by atoms with Crippen molar-refractivity contribution in [2.75, 3.05) is 13.1 Å². The van der Waals surface area contributed by atoms with E-state index in [1.54, 1.807) is 6.20 Å². The minimum absolute atomic E-state index is 0.107. The summed E-state index contributed by atoms with van der Waals surface area (Å²) >= 11 is 0. The van der Waals surface area contributed by atoms with Crippen LogP contribution in [-0.4, -0.2) is 36.9 Å². The van der Waals surface area contributed by atoms with Gasteiger partial charge in [0, 0.05) is 25.8 Å². The van der Waals surface area contributed by atoms with Gasteiger partial charge in [0.05, 0.1) is 18.4 Å². The van der Waals surface area contributed by atoms with Gasteiger partial charge in [-0.3, -0.25) is 4.98 Å². The predicted molar refractivity (Wildman–Crippen MR) is 95.8 cm³/mol. The lowest BCUT2D eigenvalue weighted by atomic mass is 10.1. The molecule has 1 atom stereocenters. The number of hydrogen-bond acceptors (Lipinski definition) is 4. The molecule has 1 saturated heterocycles. The molecule has 25 heavy (non-hydrogen) atoms. The van der Waals surface area contributed by atoms with Gasteiger partial charge in [0.15, 0.2) is 0 Å². The summed E-state index contributed by atoms with van der Waals surface area (Å²) in [4.78, 5) is 4.22. The maximum Gasteiger partial charge on any atom is 0.279 e. The maximum atomic E-state index is 12.5. The fraction of sp³-hybridized carbons (Fsp3) is 0.389. The molecule has 0 amide bonds. The number of nitrogens with one attached hydrogen (secondary N) is 1. The highest BCUT2D eigenvalue weighted by atomic mass is 32.2. The molecule has 0 saturated carbocycles. The molecule has 0 aliphatic carbocycles. The highest BCUT2D eigenvalue weighted by molar-refractivity contribution is 7.87. The lowest BCUT2D eigenvalue weighted by Crippen LogP contribution is -2.47. The van der Waals surface area contributed by atoms with Gasteiger partial charge in [-0.1, -0.05) is 36.4 Å². The van der Waals surface area contributed by atoms with E-state index < -0.39 is 10.2 Å². The fourth-order valence-corrected chi connectivity index (χ4v) is 4.07. The number of nitrogens with zero attached hydrogens (tertiary/aromatic N) is 2. The maximum absolute atomic E-state index is 12.5. The predicted octanol–water partition coefficient (Wildman–Crippen LogP) is 2.10. The third-order valence-electron chi connectivity index (χ3n) is 4.18. The van der Waals surface area contributed by atoms with E-state index in [2.05, 4.69) is 9.71 Å². The number of ether oxygens (including phenoxy) is 1. The van der Waals surface area contributed by atoms with Gasteiger partial charge in [0.2, 0.25) is 0 Å². The van der Waals surface area contributed by atoms with Crippen molar-refractivity contribution in [1.29, 1.82) is 0 Å². The van der Waals surface area contributed by atoms with E-state index in [9.17, 15) is 8.42 Å². The van der Waals surface area contributed by atoms with Gasteiger partial charge in [0.1, 0.15) is 0 Å². The highest BCUT2D eigenvalue weighted by Gasteiger charge is 2.29. The number of aromatic nitrogens is 1. The summed E-state index contributed by atoms with van der Waals surface area (Å²) in [6.45, 7) is 1.58. The lowest BCUT2D eigenvalue weighted by molar-refractivity contribution is 0.00642. The Balaban J connectivity index is 1.52. The molecule has 0 spiro atoms. The second kappa shape index (κ2) is 8.53. The van der Waals surface area contributed by atoms with Crippen LogP contribution in [-0.2, 0) is 28.1 Å². The van der Waals surface area contributed by atoms with Gasteiger partial charge in [-0.2, -0.15) is 17.4 Å². The first-order valence-corrected chi connectivity index (χ1v) is 9.88. The Bertz CT molecular complexity index is 754. The zero-order valence-electron chi connectivity index (χ0n) is 14.0. The quantitative estimate of drug-likeness (QED) is 0.820. The largest absolute Gasteiger partial charge is 0.371 e. The average molecular weight is 361 g/mol. The van der Waals surface area contributed by atoms with Crippen LogP contribution in [0.25, 0.3) is 0 Å². The van der Waals surface area contributed by atoms with Crippen LogP contribution in [0.3, 0.4) is 0 Å². The summed E-state index contributed by atoms with van der Waals surface area (Å²) in [7, 11) is -3.51. The number of benzene rings is 1. The molecule has 6 nitrogen and oxygen atoms in total. The molecule has 2 heterocycles. The van der Waals surface area contributed by atoms with Crippen LogP contribution in [0.4, 0.5) is 0 Å². The van der Waals surface area contributed by atoms with Gasteiger partial charge in [0.25, 0.3) is 10.2 Å². The number of hydrogen-bond donors (Lipinski definition) is 1. The van der Waals surface area contributed by atoms with Crippen molar-refractivity contribution in [2.24, 2.45) is 0 Å². The van der Waals surface area contributed by atoms with Crippen molar-refractivity contribution >= 4 is 10.2 Å². The molecule has 1 aromatic heterocycles. The van der Waals surface area contributed by atoms with Crippen molar-refractivity contribution in [1.82, 2.24) is 14.0 Å². The molecular formula is C18H23N3O3S. The van der Waals surface area contributed by atoms with Crippen molar-refractivity contribution < 1.29 is 13.2 Å². The smallest absolute Gasteiger partial charge is 0.279 e. The first-order chi connectivity index (χ1) is 12.1. The van der Waals surface area contributed by atoms with Crippen molar-refractivity contribution in [3.05, 3.63) is 66.0 Å². The van der Waals surface area contributed by atoms with Crippen molar-refractivity contribution in [3.63, 3.8) is 0 Å². The van der Waals surface area contributed by atoms with Crippen LogP contribution in [0, 0.1) is 0 Å². The zero-order chi connectivity index (χ0) is 17.5. The molecule has 3 rings (SSSR count). The Morgan fingerprint density at radius 1 is 1.16 bits per heavy atom. The van der Waals surface area contributed by atoms with Gasteiger partial charge >= 0.3 is 0 Å². The van der Waals surface area contributed by atoms with Crippen LogP contribution in [0.2, 0.25) is 0 Å². The summed E-state index contributed by atoms with van der Waals surface area (Å²) in [5.41, 5.74) is 1.79. The normalized spacial score (nSPS) is 19.0. The Hall–Kier alpha value is -1.80. The highest BCUT2D eigenvalue weighted by Crippen LogP contribution is 2.17. The third kappa shape index (κ3) is 5.34. The molecule has 1 aromatic carbocycles. The zero-order valence-corrected chi connectivity index (χ0v) is 14.9. The Labute approximate surface area is 149 Å². The van der Waals surface area contributed by atoms with Gasteiger partial charge < -0.3 is 4.74 Å². The second-order valence-corrected chi connectivity index (χ2v) is 7.82. The Morgan fingerprint density at radius 2 is 1.96 bits per heavy atom. The van der Waals surface area contributed by atoms with E-state index in [4.69, 9.17) is 4.74 Å². The fourth-order valence-electron chi connectivity index (χ4n) is 2.81. The van der Waals surface area contributed by atoms with Gasteiger partial charge in [-0.15, -0.1) is 0 Å². The molecular weight excluding hydrogens is 338 g/mol. The summed E-state index contributed by atoms with van der Waals surface area (Å²) in [5, 5.41) is 0. The number of rotatable bonds is 7. The molecule has 1 fully saturated rings. The van der Waals surface area contributed by atoms with Crippen molar-refractivity contribution in [2.45, 2.75) is 32.1 Å². The van der Waals surface area contributed by atoms with E-state index in [0.29, 0.717) is 26.2 Å². The molecule has 0 radical (unpaired) electrons. The molecule has 1 unspecified atom stereocenters. The van der Waals surface area contributed by atoms with Gasteiger partial charge in [-0.25, -0.2) is 0 Å². The number of pyridine rings is 1. The minimum atomic E-state index is -3.51.